The molecule has 0 amide bonds. The van der Waals surface area contributed by atoms with Crippen molar-refractivity contribution < 1.29 is 22.8 Å². The van der Waals surface area contributed by atoms with Crippen molar-refractivity contribution in [3.63, 3.8) is 0 Å². The summed E-state index contributed by atoms with van der Waals surface area (Å²) in [5.41, 5.74) is 0.811. The van der Waals surface area contributed by atoms with Crippen molar-refractivity contribution in [2.24, 2.45) is 0 Å². The average molecular weight is 381 g/mol. The molecule has 0 radical (unpaired) electrons. The van der Waals surface area contributed by atoms with E-state index in [0.717, 1.165) is 5.67 Å². The lowest BCUT2D eigenvalue weighted by molar-refractivity contribution is -0.134. The van der Waals surface area contributed by atoms with E-state index >= 15 is 0 Å². The van der Waals surface area contributed by atoms with Gasteiger partial charge >= 0.3 is 8.80 Å². The van der Waals surface area contributed by atoms with Crippen LogP contribution in [0.25, 0.3) is 0 Å². The normalized spacial score (nSPS) is 14.0. The van der Waals surface area contributed by atoms with Crippen LogP contribution in [0.2, 0.25) is 5.67 Å². The van der Waals surface area contributed by atoms with Crippen molar-refractivity contribution >= 4 is 18.3 Å². The Morgan fingerprint density at radius 1 is 0.583 bits per heavy atom. The van der Waals surface area contributed by atoms with Crippen molar-refractivity contribution in [3.05, 3.63) is 0 Å². The van der Waals surface area contributed by atoms with Crippen LogP contribution in [0.3, 0.4) is 0 Å². The first-order valence-corrected chi connectivity index (χ1v) is 13.0. The molecule has 0 rings (SSSR count). The summed E-state index contributed by atoms with van der Waals surface area (Å²) >= 11 is 0. The van der Waals surface area contributed by atoms with Gasteiger partial charge in [-0.15, -0.1) is 0 Å². The van der Waals surface area contributed by atoms with Gasteiger partial charge in [0.05, 0.1) is 21.7 Å². The van der Waals surface area contributed by atoms with Gasteiger partial charge in [-0.25, -0.2) is 0 Å². The van der Waals surface area contributed by atoms with Crippen molar-refractivity contribution in [2.45, 2.75) is 111 Å². The zero-order chi connectivity index (χ0) is 18.9. The summed E-state index contributed by atoms with van der Waals surface area (Å²) in [7, 11) is -3.50. The third-order valence-corrected chi connectivity index (χ3v) is 9.73. The Morgan fingerprint density at radius 3 is 1.17 bits per heavy atom. The van der Waals surface area contributed by atoms with Crippen LogP contribution in [0, 0.1) is 0 Å². The quantitative estimate of drug-likeness (QED) is 0.362. The molecule has 0 bridgehead atoms. The molecule has 7 heteroatoms. The summed E-state index contributed by atoms with van der Waals surface area (Å²) in [4.78, 5) is 0. The Kier molecular flexibility index (Phi) is 11.9. The summed E-state index contributed by atoms with van der Waals surface area (Å²) in [6.45, 7) is 20.3. The van der Waals surface area contributed by atoms with Gasteiger partial charge in [-0.05, 0) is 69.2 Å². The number of hydrogen-bond donors (Lipinski definition) is 0. The second kappa shape index (κ2) is 11.8. The van der Waals surface area contributed by atoms with E-state index in [1.165, 1.54) is 0 Å². The average Bonchev–Trinajstić information content (AvgIpc) is 2.31. The molecular formula is C17H40O5Si2. The van der Waals surface area contributed by atoms with E-state index in [0.29, 0.717) is 0 Å². The largest absolute Gasteiger partial charge is 0.498 e. The van der Waals surface area contributed by atoms with Crippen LogP contribution in [-0.4, -0.2) is 54.8 Å². The minimum Gasteiger partial charge on any atom is -0.371 e. The molecule has 0 heterocycles. The van der Waals surface area contributed by atoms with E-state index in [1.807, 2.05) is 69.2 Å². The van der Waals surface area contributed by atoms with Crippen molar-refractivity contribution in [2.75, 3.05) is 0 Å². The molecule has 0 atom stereocenters. The highest BCUT2D eigenvalue weighted by Gasteiger charge is 2.44. The molecule has 0 aliphatic rings. The molecule has 0 aromatic carbocycles. The summed E-state index contributed by atoms with van der Waals surface area (Å²) in [6, 6.07) is 0. The molecular weight excluding hydrogens is 340 g/mol. The summed E-state index contributed by atoms with van der Waals surface area (Å²) < 4.78 is 30.6. The first kappa shape index (κ1) is 24.2. The van der Waals surface area contributed by atoms with Crippen LogP contribution in [0.15, 0.2) is 0 Å². The molecule has 0 aromatic rings. The summed E-state index contributed by atoms with van der Waals surface area (Å²) in [6.07, 6.45) is 0.483. The Bertz CT molecular complexity index is 286. The first-order chi connectivity index (χ1) is 11.0. The molecule has 24 heavy (non-hydrogen) atoms. The Morgan fingerprint density at radius 2 is 0.917 bits per heavy atom. The maximum atomic E-state index is 6.24. The van der Waals surface area contributed by atoms with E-state index in [2.05, 4.69) is 0 Å². The minimum atomic E-state index is -2.75. The summed E-state index contributed by atoms with van der Waals surface area (Å²) in [5.74, 6) is -0.140. The molecule has 0 saturated carbocycles. The Labute approximate surface area is 152 Å². The van der Waals surface area contributed by atoms with E-state index in [-0.39, 0.29) is 36.4 Å². The standard InChI is InChI=1S/C17H40O5Si2/c1-12(2)18-17(19-13(3)4)23-11-24(20-14(5)6,21-15(7)8)22-16(9)10/h12-17H,11,23H2,1-10H3. The lowest BCUT2D eigenvalue weighted by atomic mass is 10.5. The van der Waals surface area contributed by atoms with Gasteiger partial charge in [0, 0.05) is 24.0 Å². The van der Waals surface area contributed by atoms with Crippen LogP contribution in [0.5, 0.6) is 0 Å². The number of hydrogen-bond acceptors (Lipinski definition) is 5. The SMILES string of the molecule is CC(C)OC(OC(C)C)[SiH2]C[Si](OC(C)C)(OC(C)C)OC(C)C. The van der Waals surface area contributed by atoms with Crippen LogP contribution in [-0.2, 0) is 22.8 Å². The van der Waals surface area contributed by atoms with E-state index in [9.17, 15) is 0 Å². The fourth-order valence-corrected chi connectivity index (χ4v) is 9.54. The van der Waals surface area contributed by atoms with Gasteiger partial charge in [-0.3, -0.25) is 0 Å². The number of rotatable bonds is 13. The molecule has 0 aliphatic carbocycles. The molecule has 5 nitrogen and oxygen atoms in total. The third-order valence-electron chi connectivity index (χ3n) is 2.78. The van der Waals surface area contributed by atoms with Crippen molar-refractivity contribution in [3.8, 4) is 0 Å². The van der Waals surface area contributed by atoms with Gasteiger partial charge in [0.1, 0.15) is 5.91 Å². The predicted octanol–water partition coefficient (Wildman–Crippen LogP) is 3.46. The smallest absolute Gasteiger partial charge is 0.371 e. The molecule has 0 spiro atoms. The highest BCUT2D eigenvalue weighted by molar-refractivity contribution is 6.71. The molecule has 0 N–H and O–H groups in total. The molecule has 0 unspecified atom stereocenters. The third kappa shape index (κ3) is 11.7. The van der Waals surface area contributed by atoms with Gasteiger partial charge in [0.25, 0.3) is 0 Å². The topological polar surface area (TPSA) is 46.2 Å². The van der Waals surface area contributed by atoms with E-state index in [4.69, 9.17) is 22.8 Å². The number of ether oxygens (including phenoxy) is 2. The maximum Gasteiger partial charge on any atom is 0.498 e. The van der Waals surface area contributed by atoms with Crippen LogP contribution in [0.1, 0.15) is 69.2 Å². The summed E-state index contributed by atoms with van der Waals surface area (Å²) in [5, 5.41) is 0. The highest BCUT2D eigenvalue weighted by atomic mass is 28.4. The fraction of sp³-hybridized carbons (Fsp3) is 1.00. The lowest BCUT2D eigenvalue weighted by Crippen LogP contribution is -2.53. The minimum absolute atomic E-state index is 0.0682. The van der Waals surface area contributed by atoms with E-state index < -0.39 is 18.3 Å². The fourth-order valence-electron chi connectivity index (χ4n) is 2.41. The van der Waals surface area contributed by atoms with Crippen molar-refractivity contribution in [1.29, 1.82) is 0 Å². The monoisotopic (exact) mass is 380 g/mol. The Hall–Kier alpha value is 0.234. The lowest BCUT2D eigenvalue weighted by Gasteiger charge is -2.35. The molecule has 0 saturated heterocycles. The second-order valence-corrected chi connectivity index (χ2v) is 12.8. The zero-order valence-electron chi connectivity index (χ0n) is 17.4. The first-order valence-electron chi connectivity index (χ1n) is 9.30. The highest BCUT2D eigenvalue weighted by Crippen LogP contribution is 2.22. The molecule has 146 valence electrons. The van der Waals surface area contributed by atoms with Gasteiger partial charge < -0.3 is 22.8 Å². The zero-order valence-corrected chi connectivity index (χ0v) is 19.8. The van der Waals surface area contributed by atoms with Gasteiger partial charge in [-0.2, -0.15) is 0 Å². The molecule has 0 aromatic heterocycles. The Balaban J connectivity index is 5.15. The van der Waals surface area contributed by atoms with Gasteiger partial charge in [-0.1, -0.05) is 0 Å². The second-order valence-electron chi connectivity index (χ2n) is 7.52. The van der Waals surface area contributed by atoms with Gasteiger partial charge in [0.15, 0.2) is 0 Å². The van der Waals surface area contributed by atoms with E-state index in [1.54, 1.807) is 0 Å². The molecule has 0 fully saturated rings. The van der Waals surface area contributed by atoms with Crippen LogP contribution in [0.4, 0.5) is 0 Å². The van der Waals surface area contributed by atoms with Crippen molar-refractivity contribution in [1.82, 2.24) is 0 Å². The van der Waals surface area contributed by atoms with Crippen LogP contribution < -0.4 is 0 Å². The van der Waals surface area contributed by atoms with Gasteiger partial charge in [0.2, 0.25) is 0 Å². The molecule has 0 aliphatic heterocycles. The maximum absolute atomic E-state index is 6.24. The van der Waals surface area contributed by atoms with Crippen LogP contribution >= 0.6 is 0 Å². The predicted molar refractivity (Wildman–Crippen MR) is 104 cm³/mol.